The largest absolute Gasteiger partial charge is 0.310 e. The highest BCUT2D eigenvalue weighted by Gasteiger charge is 2.15. The molecule has 2 rings (SSSR count). The van der Waals surface area contributed by atoms with Gasteiger partial charge in [0.1, 0.15) is 0 Å². The van der Waals surface area contributed by atoms with Gasteiger partial charge in [0, 0.05) is 11.1 Å². The van der Waals surface area contributed by atoms with E-state index < -0.39 is 0 Å². The van der Waals surface area contributed by atoms with E-state index in [1.54, 1.807) is 0 Å². The van der Waals surface area contributed by atoms with Crippen LogP contribution < -0.4 is 5.32 Å². The lowest BCUT2D eigenvalue weighted by Gasteiger charge is -2.17. The van der Waals surface area contributed by atoms with Gasteiger partial charge in [0.2, 0.25) is 0 Å². The summed E-state index contributed by atoms with van der Waals surface area (Å²) in [6.45, 7) is 1.12. The number of nitrogens with one attached hydrogen (secondary N) is 1. The Labute approximate surface area is 90.5 Å². The van der Waals surface area contributed by atoms with E-state index in [-0.39, 0.29) is 0 Å². The van der Waals surface area contributed by atoms with Gasteiger partial charge in [0.05, 0.1) is 0 Å². The summed E-state index contributed by atoms with van der Waals surface area (Å²) in [5.41, 5.74) is 1.26. The van der Waals surface area contributed by atoms with Gasteiger partial charge in [-0.25, -0.2) is 0 Å². The predicted molar refractivity (Wildman–Crippen MR) is 60.7 cm³/mol. The molecule has 1 atom stereocenters. The summed E-state index contributed by atoms with van der Waals surface area (Å²) < 4.78 is 0. The molecule has 1 heterocycles. The lowest BCUT2D eigenvalue weighted by atomic mass is 10.0. The molecule has 14 heavy (non-hydrogen) atoms. The van der Waals surface area contributed by atoms with Gasteiger partial charge < -0.3 is 5.32 Å². The first-order chi connectivity index (χ1) is 6.88. The Bertz CT molecular complexity index is 290. The molecule has 1 fully saturated rings. The van der Waals surface area contributed by atoms with Crippen LogP contribution in [0.3, 0.4) is 0 Å². The summed E-state index contributed by atoms with van der Waals surface area (Å²) in [4.78, 5) is 0. The third-order valence-electron chi connectivity index (χ3n) is 2.84. The molecular weight excluding hydrogens is 194 g/mol. The SMILES string of the molecule is Clc1ccccc1[C@H]1CCCCCN1. The fourth-order valence-corrected chi connectivity index (χ4v) is 2.32. The van der Waals surface area contributed by atoms with Crippen LogP contribution in [0.2, 0.25) is 5.02 Å². The van der Waals surface area contributed by atoms with Crippen LogP contribution in [0.15, 0.2) is 24.3 Å². The maximum atomic E-state index is 6.17. The highest BCUT2D eigenvalue weighted by molar-refractivity contribution is 6.31. The molecule has 0 amide bonds. The van der Waals surface area contributed by atoms with Gasteiger partial charge in [-0.2, -0.15) is 0 Å². The molecule has 76 valence electrons. The van der Waals surface area contributed by atoms with Crippen LogP contribution in [0.5, 0.6) is 0 Å². The van der Waals surface area contributed by atoms with Gasteiger partial charge >= 0.3 is 0 Å². The fourth-order valence-electron chi connectivity index (χ4n) is 2.05. The van der Waals surface area contributed by atoms with Crippen molar-refractivity contribution in [3.05, 3.63) is 34.9 Å². The topological polar surface area (TPSA) is 12.0 Å². The van der Waals surface area contributed by atoms with E-state index in [0.29, 0.717) is 6.04 Å². The Morgan fingerprint density at radius 1 is 1.14 bits per heavy atom. The minimum Gasteiger partial charge on any atom is -0.310 e. The standard InChI is InChI=1S/C12H16ClN/c13-11-7-4-3-6-10(11)12-8-2-1-5-9-14-12/h3-4,6-7,12,14H,1-2,5,8-9H2/t12-/m1/s1. The Morgan fingerprint density at radius 2 is 2.00 bits per heavy atom. The average Bonchev–Trinajstić information content (AvgIpc) is 2.47. The zero-order valence-electron chi connectivity index (χ0n) is 8.30. The molecule has 1 aliphatic rings. The highest BCUT2D eigenvalue weighted by atomic mass is 35.5. The molecule has 0 bridgehead atoms. The molecule has 0 aliphatic carbocycles. The number of hydrogen-bond acceptors (Lipinski definition) is 1. The molecule has 1 aromatic rings. The zero-order valence-corrected chi connectivity index (χ0v) is 9.06. The molecule has 1 aliphatic heterocycles. The Hall–Kier alpha value is -0.530. The summed E-state index contributed by atoms with van der Waals surface area (Å²) in [6.07, 6.45) is 5.15. The van der Waals surface area contributed by atoms with Crippen molar-refractivity contribution in [1.29, 1.82) is 0 Å². The van der Waals surface area contributed by atoms with Crippen LogP contribution in [-0.4, -0.2) is 6.54 Å². The van der Waals surface area contributed by atoms with Crippen LogP contribution in [0.4, 0.5) is 0 Å². The van der Waals surface area contributed by atoms with E-state index in [1.165, 1.54) is 31.2 Å². The second kappa shape index (κ2) is 4.81. The average molecular weight is 210 g/mol. The third-order valence-corrected chi connectivity index (χ3v) is 3.19. The normalized spacial score (nSPS) is 23.1. The summed E-state index contributed by atoms with van der Waals surface area (Å²) in [7, 11) is 0. The van der Waals surface area contributed by atoms with Crippen LogP contribution in [-0.2, 0) is 0 Å². The van der Waals surface area contributed by atoms with E-state index in [9.17, 15) is 0 Å². The van der Waals surface area contributed by atoms with Crippen LogP contribution >= 0.6 is 11.6 Å². The molecule has 0 aromatic heterocycles. The van der Waals surface area contributed by atoms with E-state index >= 15 is 0 Å². The van der Waals surface area contributed by atoms with E-state index in [2.05, 4.69) is 17.4 Å². The first kappa shape index (κ1) is 10.0. The monoisotopic (exact) mass is 209 g/mol. The molecule has 1 saturated heterocycles. The first-order valence-corrected chi connectivity index (χ1v) is 5.73. The minimum absolute atomic E-state index is 0.464. The van der Waals surface area contributed by atoms with Crippen LogP contribution in [0.1, 0.15) is 37.3 Å². The Morgan fingerprint density at radius 3 is 2.86 bits per heavy atom. The third kappa shape index (κ3) is 2.28. The van der Waals surface area contributed by atoms with Gasteiger partial charge in [0.25, 0.3) is 0 Å². The maximum Gasteiger partial charge on any atom is 0.0453 e. The van der Waals surface area contributed by atoms with Crippen LogP contribution in [0.25, 0.3) is 0 Å². The minimum atomic E-state index is 0.464. The van der Waals surface area contributed by atoms with Crippen molar-refractivity contribution in [3.8, 4) is 0 Å². The summed E-state index contributed by atoms with van der Waals surface area (Å²) in [5.74, 6) is 0. The number of rotatable bonds is 1. The van der Waals surface area contributed by atoms with Crippen LogP contribution in [0, 0.1) is 0 Å². The second-order valence-corrected chi connectivity index (χ2v) is 4.28. The van der Waals surface area contributed by atoms with E-state index in [1.807, 2.05) is 12.1 Å². The fraction of sp³-hybridized carbons (Fsp3) is 0.500. The van der Waals surface area contributed by atoms with Gasteiger partial charge in [-0.1, -0.05) is 42.6 Å². The van der Waals surface area contributed by atoms with Crippen molar-refractivity contribution in [2.45, 2.75) is 31.7 Å². The molecular formula is C12H16ClN. The highest BCUT2D eigenvalue weighted by Crippen LogP contribution is 2.27. The molecule has 1 nitrogen and oxygen atoms in total. The Kier molecular flexibility index (Phi) is 3.44. The van der Waals surface area contributed by atoms with Crippen molar-refractivity contribution in [1.82, 2.24) is 5.32 Å². The van der Waals surface area contributed by atoms with Crippen molar-refractivity contribution >= 4 is 11.6 Å². The quantitative estimate of drug-likeness (QED) is 0.746. The van der Waals surface area contributed by atoms with Crippen molar-refractivity contribution in [2.24, 2.45) is 0 Å². The smallest absolute Gasteiger partial charge is 0.0453 e. The van der Waals surface area contributed by atoms with Gasteiger partial charge in [0.15, 0.2) is 0 Å². The summed E-state index contributed by atoms with van der Waals surface area (Å²) in [6, 6.07) is 8.62. The predicted octanol–water partition coefficient (Wildman–Crippen LogP) is 3.54. The van der Waals surface area contributed by atoms with Crippen molar-refractivity contribution < 1.29 is 0 Å². The number of benzene rings is 1. The molecule has 1 N–H and O–H groups in total. The molecule has 0 saturated carbocycles. The lowest BCUT2D eigenvalue weighted by Crippen LogP contribution is -2.20. The number of halogens is 1. The maximum absolute atomic E-state index is 6.17. The second-order valence-electron chi connectivity index (χ2n) is 3.88. The molecule has 0 unspecified atom stereocenters. The van der Waals surface area contributed by atoms with Gasteiger partial charge in [-0.05, 0) is 31.0 Å². The lowest BCUT2D eigenvalue weighted by molar-refractivity contribution is 0.535. The molecule has 0 spiro atoms. The number of hydrogen-bond donors (Lipinski definition) is 1. The van der Waals surface area contributed by atoms with E-state index in [4.69, 9.17) is 11.6 Å². The van der Waals surface area contributed by atoms with Crippen molar-refractivity contribution in [2.75, 3.05) is 6.54 Å². The van der Waals surface area contributed by atoms with Crippen molar-refractivity contribution in [3.63, 3.8) is 0 Å². The zero-order chi connectivity index (χ0) is 9.80. The summed E-state index contributed by atoms with van der Waals surface area (Å²) >= 11 is 6.17. The Balaban J connectivity index is 2.16. The molecule has 0 radical (unpaired) electrons. The first-order valence-electron chi connectivity index (χ1n) is 5.36. The van der Waals surface area contributed by atoms with Gasteiger partial charge in [-0.3, -0.25) is 0 Å². The molecule has 1 aromatic carbocycles. The van der Waals surface area contributed by atoms with E-state index in [0.717, 1.165) is 11.6 Å². The molecule has 2 heteroatoms. The van der Waals surface area contributed by atoms with Gasteiger partial charge in [-0.15, -0.1) is 0 Å². The summed E-state index contributed by atoms with van der Waals surface area (Å²) in [5, 5.41) is 4.45.